The Morgan fingerprint density at radius 1 is 1.03 bits per heavy atom. The number of ether oxygens (including phenoxy) is 1. The highest BCUT2D eigenvalue weighted by Gasteiger charge is 2.30. The lowest BCUT2D eigenvalue weighted by molar-refractivity contribution is -0.138. The van der Waals surface area contributed by atoms with Crippen LogP contribution in [0.3, 0.4) is 0 Å². The van der Waals surface area contributed by atoms with Gasteiger partial charge in [0.25, 0.3) is 0 Å². The number of fused-ring (bicyclic) bond motifs is 3. The minimum atomic E-state index is -0.881. The number of alkyl carbamates (subject to hydrolysis) is 1. The van der Waals surface area contributed by atoms with Gasteiger partial charge in [0.2, 0.25) is 5.91 Å². The van der Waals surface area contributed by atoms with Gasteiger partial charge in [-0.15, -0.1) is 0 Å². The summed E-state index contributed by atoms with van der Waals surface area (Å²) < 4.78 is 5.68. The molecule has 7 nitrogen and oxygen atoms in total. The Balaban J connectivity index is 1.61. The fourth-order valence-corrected chi connectivity index (χ4v) is 4.68. The van der Waals surface area contributed by atoms with Crippen LogP contribution in [0.15, 0.2) is 48.5 Å². The van der Waals surface area contributed by atoms with E-state index in [-0.39, 0.29) is 42.7 Å². The number of nitrogens with zero attached hydrogens (tertiary/aromatic N) is 1. The van der Waals surface area contributed by atoms with Crippen molar-refractivity contribution in [2.75, 3.05) is 20.2 Å². The molecule has 2 N–H and O–H groups in total. The van der Waals surface area contributed by atoms with E-state index in [1.54, 1.807) is 7.05 Å². The highest BCUT2D eigenvalue weighted by molar-refractivity contribution is 5.79. The van der Waals surface area contributed by atoms with E-state index < -0.39 is 12.1 Å². The van der Waals surface area contributed by atoms with Crippen LogP contribution in [0.25, 0.3) is 11.1 Å². The number of rotatable bonds is 10. The van der Waals surface area contributed by atoms with E-state index in [1.807, 2.05) is 24.3 Å². The van der Waals surface area contributed by atoms with Crippen LogP contribution >= 0.6 is 0 Å². The molecule has 0 bridgehead atoms. The lowest BCUT2D eigenvalue weighted by Crippen LogP contribution is -2.42. The fourth-order valence-electron chi connectivity index (χ4n) is 4.68. The lowest BCUT2D eigenvalue weighted by Gasteiger charge is -2.28. The summed E-state index contributed by atoms with van der Waals surface area (Å²) in [6, 6.07) is 16.0. The molecule has 1 aliphatic carbocycles. The highest BCUT2D eigenvalue weighted by atomic mass is 16.5. The summed E-state index contributed by atoms with van der Waals surface area (Å²) in [6.07, 6.45) is 0.599. The number of carbonyl (C=O) groups is 3. The number of carboxylic acids is 1. The van der Waals surface area contributed by atoms with E-state index in [0.717, 1.165) is 11.1 Å². The standard InChI is InChI=1S/C28H36N2O5/c1-28(2,3)17-19(16-25(31)30(4)15-9-14-26(32)33)29-27(34)35-18-24-22-12-7-5-10-20(22)21-11-6-8-13-23(21)24/h5-8,10-13,19,24H,9,14-18H2,1-4H3,(H,29,34)(H,32,33). The van der Waals surface area contributed by atoms with Crippen LogP contribution in [0.4, 0.5) is 4.79 Å². The molecule has 188 valence electrons. The smallest absolute Gasteiger partial charge is 0.407 e. The van der Waals surface area contributed by atoms with Crippen LogP contribution in [0.2, 0.25) is 0 Å². The van der Waals surface area contributed by atoms with Gasteiger partial charge < -0.3 is 20.1 Å². The summed E-state index contributed by atoms with van der Waals surface area (Å²) in [5, 5.41) is 11.7. The summed E-state index contributed by atoms with van der Waals surface area (Å²) in [5.74, 6) is -1.05. The van der Waals surface area contributed by atoms with Gasteiger partial charge in [-0.25, -0.2) is 4.79 Å². The second kappa shape index (κ2) is 11.4. The minimum Gasteiger partial charge on any atom is -0.481 e. The van der Waals surface area contributed by atoms with Gasteiger partial charge in [0.15, 0.2) is 0 Å². The van der Waals surface area contributed by atoms with Crippen molar-refractivity contribution in [3.05, 3.63) is 59.7 Å². The van der Waals surface area contributed by atoms with Gasteiger partial charge >= 0.3 is 12.1 Å². The molecule has 1 unspecified atom stereocenters. The van der Waals surface area contributed by atoms with E-state index in [1.165, 1.54) is 16.0 Å². The number of amides is 2. The number of hydrogen-bond donors (Lipinski definition) is 2. The molecule has 2 amide bonds. The van der Waals surface area contributed by atoms with Crippen molar-refractivity contribution in [3.63, 3.8) is 0 Å². The number of carboxylic acid groups (broad SMARTS) is 1. The van der Waals surface area contributed by atoms with Crippen molar-refractivity contribution in [1.29, 1.82) is 0 Å². The molecular formula is C28H36N2O5. The molecule has 2 aromatic rings. The van der Waals surface area contributed by atoms with Crippen molar-refractivity contribution >= 4 is 18.0 Å². The van der Waals surface area contributed by atoms with Gasteiger partial charge in [-0.05, 0) is 40.5 Å². The number of carbonyl (C=O) groups excluding carboxylic acids is 2. The van der Waals surface area contributed by atoms with Crippen LogP contribution < -0.4 is 5.32 Å². The predicted molar refractivity (Wildman–Crippen MR) is 135 cm³/mol. The highest BCUT2D eigenvalue weighted by Crippen LogP contribution is 2.44. The first-order valence-corrected chi connectivity index (χ1v) is 12.1. The van der Waals surface area contributed by atoms with E-state index in [4.69, 9.17) is 9.84 Å². The van der Waals surface area contributed by atoms with Crippen LogP contribution in [0, 0.1) is 5.41 Å². The summed E-state index contributed by atoms with van der Waals surface area (Å²) in [5.41, 5.74) is 4.51. The molecule has 1 aliphatic rings. The quantitative estimate of drug-likeness (QED) is 0.496. The number of hydrogen-bond acceptors (Lipinski definition) is 4. The maximum atomic E-state index is 12.8. The van der Waals surface area contributed by atoms with Gasteiger partial charge in [0.05, 0.1) is 0 Å². The molecule has 3 rings (SSSR count). The van der Waals surface area contributed by atoms with E-state index in [9.17, 15) is 14.4 Å². The van der Waals surface area contributed by atoms with Gasteiger partial charge in [-0.3, -0.25) is 9.59 Å². The third-order valence-electron chi connectivity index (χ3n) is 6.26. The van der Waals surface area contributed by atoms with Gasteiger partial charge in [0, 0.05) is 38.4 Å². The molecule has 0 aromatic heterocycles. The maximum absolute atomic E-state index is 12.8. The molecule has 0 radical (unpaired) electrons. The van der Waals surface area contributed by atoms with E-state index in [0.29, 0.717) is 19.4 Å². The van der Waals surface area contributed by atoms with Crippen LogP contribution in [-0.2, 0) is 14.3 Å². The first-order valence-electron chi connectivity index (χ1n) is 12.1. The molecule has 0 saturated heterocycles. The van der Waals surface area contributed by atoms with Crippen molar-refractivity contribution < 1.29 is 24.2 Å². The maximum Gasteiger partial charge on any atom is 0.407 e. The van der Waals surface area contributed by atoms with Crippen molar-refractivity contribution in [3.8, 4) is 11.1 Å². The molecule has 0 heterocycles. The Bertz CT molecular complexity index is 1010. The molecule has 7 heteroatoms. The normalized spacial score (nSPS) is 13.5. The third kappa shape index (κ3) is 7.31. The summed E-state index contributed by atoms with van der Waals surface area (Å²) in [6.45, 7) is 6.74. The third-order valence-corrected chi connectivity index (χ3v) is 6.26. The molecule has 35 heavy (non-hydrogen) atoms. The van der Waals surface area contributed by atoms with E-state index in [2.05, 4.69) is 50.4 Å². The topological polar surface area (TPSA) is 95.9 Å². The summed E-state index contributed by atoms with van der Waals surface area (Å²) >= 11 is 0. The number of aliphatic carboxylic acids is 1. The Kier molecular flexibility index (Phi) is 8.54. The van der Waals surface area contributed by atoms with Gasteiger partial charge in [-0.2, -0.15) is 0 Å². The van der Waals surface area contributed by atoms with Crippen molar-refractivity contribution in [2.45, 2.75) is 58.4 Å². The Labute approximate surface area is 207 Å². The molecule has 0 spiro atoms. The first-order chi connectivity index (χ1) is 16.5. The van der Waals surface area contributed by atoms with Crippen LogP contribution in [0.1, 0.15) is 63.5 Å². The van der Waals surface area contributed by atoms with Crippen LogP contribution in [0.5, 0.6) is 0 Å². The number of nitrogens with one attached hydrogen (secondary N) is 1. The lowest BCUT2D eigenvalue weighted by atomic mass is 9.87. The molecule has 0 saturated carbocycles. The molecule has 0 fully saturated rings. The molecule has 1 atom stereocenters. The molecule has 0 aliphatic heterocycles. The van der Waals surface area contributed by atoms with E-state index >= 15 is 0 Å². The largest absolute Gasteiger partial charge is 0.481 e. The summed E-state index contributed by atoms with van der Waals surface area (Å²) in [4.78, 5) is 37.8. The first kappa shape index (κ1) is 26.3. The second-order valence-corrected chi connectivity index (χ2v) is 10.4. The zero-order valence-electron chi connectivity index (χ0n) is 21.0. The fraction of sp³-hybridized carbons (Fsp3) is 0.464. The number of benzene rings is 2. The minimum absolute atomic E-state index is 0.0149. The molecular weight excluding hydrogens is 444 g/mol. The zero-order valence-corrected chi connectivity index (χ0v) is 21.0. The average molecular weight is 481 g/mol. The monoisotopic (exact) mass is 480 g/mol. The van der Waals surface area contributed by atoms with Crippen LogP contribution in [-0.4, -0.2) is 54.2 Å². The van der Waals surface area contributed by atoms with Crippen molar-refractivity contribution in [1.82, 2.24) is 10.2 Å². The SMILES string of the molecule is CN(CCCC(=O)O)C(=O)CC(CC(C)(C)C)NC(=O)OCC1c2ccccc2-c2ccccc21. The summed E-state index contributed by atoms with van der Waals surface area (Å²) in [7, 11) is 1.66. The predicted octanol–water partition coefficient (Wildman–Crippen LogP) is 5.04. The Hall–Kier alpha value is -3.35. The molecule has 2 aromatic carbocycles. The zero-order chi connectivity index (χ0) is 25.6. The Morgan fingerprint density at radius 2 is 1.60 bits per heavy atom. The van der Waals surface area contributed by atoms with Gasteiger partial charge in [0.1, 0.15) is 6.61 Å². The van der Waals surface area contributed by atoms with Crippen molar-refractivity contribution in [2.24, 2.45) is 5.41 Å². The second-order valence-electron chi connectivity index (χ2n) is 10.4. The Morgan fingerprint density at radius 3 is 2.14 bits per heavy atom. The average Bonchev–Trinajstić information content (AvgIpc) is 3.10. The van der Waals surface area contributed by atoms with Gasteiger partial charge in [-0.1, -0.05) is 69.3 Å².